The van der Waals surface area contributed by atoms with Crippen LogP contribution in [0.1, 0.15) is 44.6 Å². The lowest BCUT2D eigenvalue weighted by molar-refractivity contribution is -1.02. The minimum Gasteiger partial charge on any atom is -0.497 e. The van der Waals surface area contributed by atoms with Gasteiger partial charge in [-0.1, -0.05) is 6.92 Å². The molecule has 1 aromatic heterocycles. The second-order valence-corrected chi connectivity index (χ2v) is 8.27. The molecule has 1 aliphatic rings. The van der Waals surface area contributed by atoms with E-state index < -0.39 is 0 Å². The van der Waals surface area contributed by atoms with E-state index in [4.69, 9.17) is 9.47 Å². The standard InChI is InChI=1S/C20H32N6O2/c1-7-20(2,3)26-19(21-22-23-26)18(25-12-10-24(4)11-13-25)16-9-8-15(27-5)14-17(16)28-6/h8-9,14,18H,7,10-13H2,1-6H3/p+2/t18-/m1/s1. The molecular weight excluding hydrogens is 356 g/mol. The first-order valence-electron chi connectivity index (χ1n) is 10.1. The van der Waals surface area contributed by atoms with Crippen LogP contribution in [0.2, 0.25) is 0 Å². The Bertz CT molecular complexity index is 783. The lowest BCUT2D eigenvalue weighted by Crippen LogP contribution is -3.27. The van der Waals surface area contributed by atoms with Gasteiger partial charge in [-0.25, -0.2) is 4.68 Å². The number of hydrogen-bond acceptors (Lipinski definition) is 5. The molecule has 2 aromatic rings. The van der Waals surface area contributed by atoms with E-state index in [0.29, 0.717) is 0 Å². The zero-order chi connectivity index (χ0) is 20.3. The summed E-state index contributed by atoms with van der Waals surface area (Å²) < 4.78 is 13.2. The lowest BCUT2D eigenvalue weighted by Gasteiger charge is -2.34. The Labute approximate surface area is 167 Å². The van der Waals surface area contributed by atoms with Crippen molar-refractivity contribution in [1.29, 1.82) is 0 Å². The van der Waals surface area contributed by atoms with Gasteiger partial charge in [-0.3, -0.25) is 0 Å². The van der Waals surface area contributed by atoms with E-state index in [1.807, 2.05) is 16.8 Å². The van der Waals surface area contributed by atoms with E-state index >= 15 is 0 Å². The number of methoxy groups -OCH3 is 2. The van der Waals surface area contributed by atoms with Gasteiger partial charge >= 0.3 is 0 Å². The number of nitrogens with one attached hydrogen (secondary N) is 2. The van der Waals surface area contributed by atoms with E-state index in [-0.39, 0.29) is 11.6 Å². The van der Waals surface area contributed by atoms with E-state index in [1.54, 1.807) is 19.1 Å². The Morgan fingerprint density at radius 2 is 1.86 bits per heavy atom. The van der Waals surface area contributed by atoms with Gasteiger partial charge < -0.3 is 19.3 Å². The Kier molecular flexibility index (Phi) is 6.20. The third-order valence-electron chi connectivity index (χ3n) is 6.10. The van der Waals surface area contributed by atoms with Crippen LogP contribution in [0.5, 0.6) is 11.5 Å². The summed E-state index contributed by atoms with van der Waals surface area (Å²) in [7, 11) is 5.63. The van der Waals surface area contributed by atoms with Crippen LogP contribution in [0.15, 0.2) is 18.2 Å². The fraction of sp³-hybridized carbons (Fsp3) is 0.650. The molecule has 154 valence electrons. The number of aromatic nitrogens is 4. The highest BCUT2D eigenvalue weighted by Crippen LogP contribution is 2.32. The van der Waals surface area contributed by atoms with Gasteiger partial charge in [-0.05, 0) is 42.8 Å². The van der Waals surface area contributed by atoms with Crippen molar-refractivity contribution in [1.82, 2.24) is 20.2 Å². The van der Waals surface area contributed by atoms with E-state index in [0.717, 1.165) is 55.5 Å². The quantitative estimate of drug-likeness (QED) is 0.657. The highest BCUT2D eigenvalue weighted by atomic mass is 16.5. The molecule has 8 heteroatoms. The summed E-state index contributed by atoms with van der Waals surface area (Å²) in [5.74, 6) is 2.49. The van der Waals surface area contributed by atoms with E-state index in [2.05, 4.69) is 49.4 Å². The third kappa shape index (κ3) is 3.98. The van der Waals surface area contributed by atoms with Gasteiger partial charge in [0.15, 0.2) is 6.04 Å². The molecular formula is C20H34N6O2+2. The maximum absolute atomic E-state index is 5.75. The second-order valence-electron chi connectivity index (χ2n) is 8.27. The Morgan fingerprint density at radius 3 is 2.46 bits per heavy atom. The second kappa shape index (κ2) is 8.45. The number of ether oxygens (including phenoxy) is 2. The van der Waals surface area contributed by atoms with Crippen molar-refractivity contribution >= 4 is 0 Å². The van der Waals surface area contributed by atoms with Crippen molar-refractivity contribution in [3.05, 3.63) is 29.6 Å². The van der Waals surface area contributed by atoms with Crippen LogP contribution < -0.4 is 19.3 Å². The molecule has 0 spiro atoms. The van der Waals surface area contributed by atoms with Crippen molar-refractivity contribution in [2.45, 2.75) is 38.8 Å². The van der Waals surface area contributed by atoms with Crippen molar-refractivity contribution in [2.75, 3.05) is 47.4 Å². The summed E-state index contributed by atoms with van der Waals surface area (Å²) in [6.07, 6.45) is 0.944. The van der Waals surface area contributed by atoms with Crippen LogP contribution in [0.4, 0.5) is 0 Å². The average molecular weight is 391 g/mol. The molecule has 0 aliphatic carbocycles. The normalized spacial score (nSPS) is 21.4. The van der Waals surface area contributed by atoms with Gasteiger partial charge in [-0.2, -0.15) is 0 Å². The van der Waals surface area contributed by atoms with Gasteiger partial charge in [0.1, 0.15) is 37.7 Å². The summed E-state index contributed by atoms with van der Waals surface area (Å²) in [6.45, 7) is 10.9. The number of hydrogen-bond donors (Lipinski definition) is 2. The van der Waals surface area contributed by atoms with Crippen LogP contribution >= 0.6 is 0 Å². The molecule has 1 atom stereocenters. The minimum absolute atomic E-state index is 0.00906. The topological polar surface area (TPSA) is 70.9 Å². The number of tetrazole rings is 1. The van der Waals surface area contributed by atoms with Crippen LogP contribution in [0, 0.1) is 0 Å². The largest absolute Gasteiger partial charge is 0.497 e. The Hall–Kier alpha value is -2.19. The average Bonchev–Trinajstić information content (AvgIpc) is 3.20. The molecule has 0 radical (unpaired) electrons. The Balaban J connectivity index is 2.11. The van der Waals surface area contributed by atoms with Gasteiger partial charge in [0.25, 0.3) is 0 Å². The zero-order valence-electron chi connectivity index (χ0n) is 18.0. The maximum Gasteiger partial charge on any atom is 0.214 e. The Morgan fingerprint density at radius 1 is 1.14 bits per heavy atom. The first kappa shape index (κ1) is 20.5. The molecule has 0 bridgehead atoms. The smallest absolute Gasteiger partial charge is 0.214 e. The van der Waals surface area contributed by atoms with Gasteiger partial charge in [0.05, 0.1) is 32.4 Å². The van der Waals surface area contributed by atoms with Gasteiger partial charge in [-0.15, -0.1) is 5.10 Å². The first-order valence-corrected chi connectivity index (χ1v) is 10.1. The van der Waals surface area contributed by atoms with Crippen LogP contribution in [0.3, 0.4) is 0 Å². The fourth-order valence-corrected chi connectivity index (χ4v) is 3.84. The highest BCUT2D eigenvalue weighted by molar-refractivity contribution is 5.43. The number of nitrogens with zero attached hydrogens (tertiary/aromatic N) is 4. The van der Waals surface area contributed by atoms with E-state index in [9.17, 15) is 0 Å². The summed E-state index contributed by atoms with van der Waals surface area (Å²) in [5.41, 5.74) is 0.939. The number of rotatable bonds is 7. The summed E-state index contributed by atoms with van der Waals surface area (Å²) in [4.78, 5) is 3.04. The molecule has 2 N–H and O–H groups in total. The summed E-state index contributed by atoms with van der Waals surface area (Å²) in [6, 6.07) is 6.04. The van der Waals surface area contributed by atoms with E-state index in [1.165, 1.54) is 4.90 Å². The molecule has 1 aromatic carbocycles. The molecule has 0 saturated carbocycles. The van der Waals surface area contributed by atoms with Crippen molar-refractivity contribution in [2.24, 2.45) is 0 Å². The van der Waals surface area contributed by atoms with Crippen LogP contribution in [0.25, 0.3) is 0 Å². The number of piperazine rings is 1. The first-order chi connectivity index (χ1) is 13.4. The van der Waals surface area contributed by atoms with Gasteiger partial charge in [0.2, 0.25) is 5.82 Å². The van der Waals surface area contributed by atoms with Gasteiger partial charge in [0, 0.05) is 6.07 Å². The van der Waals surface area contributed by atoms with Crippen LogP contribution in [-0.4, -0.2) is 67.7 Å². The monoisotopic (exact) mass is 390 g/mol. The van der Waals surface area contributed by atoms with Crippen molar-refractivity contribution < 1.29 is 19.3 Å². The zero-order valence-corrected chi connectivity index (χ0v) is 18.0. The molecule has 1 aliphatic heterocycles. The number of benzene rings is 1. The molecule has 1 fully saturated rings. The minimum atomic E-state index is -0.159. The molecule has 2 heterocycles. The number of quaternary nitrogens is 2. The molecule has 0 unspecified atom stereocenters. The summed E-state index contributed by atoms with van der Waals surface area (Å²) >= 11 is 0. The van der Waals surface area contributed by atoms with Crippen molar-refractivity contribution in [3.63, 3.8) is 0 Å². The lowest BCUT2D eigenvalue weighted by atomic mass is 9.98. The molecule has 1 saturated heterocycles. The number of likely N-dealkylation sites (N-methyl/N-ethyl adjacent to an activating group) is 1. The predicted octanol–water partition coefficient (Wildman–Crippen LogP) is -0.662. The molecule has 8 nitrogen and oxygen atoms in total. The SMILES string of the molecule is CCC(C)(C)n1nnnc1[C@@H](c1ccc(OC)cc1OC)[NH+]1CC[NH+](C)CC1. The fourth-order valence-electron chi connectivity index (χ4n) is 3.84. The van der Waals surface area contributed by atoms with Crippen LogP contribution in [-0.2, 0) is 5.54 Å². The maximum atomic E-state index is 5.75. The predicted molar refractivity (Wildman–Crippen MR) is 106 cm³/mol. The molecule has 3 rings (SSSR count). The highest BCUT2D eigenvalue weighted by Gasteiger charge is 2.39. The van der Waals surface area contributed by atoms with Crippen molar-refractivity contribution in [3.8, 4) is 11.5 Å². The third-order valence-corrected chi connectivity index (χ3v) is 6.10. The summed E-state index contributed by atoms with van der Waals surface area (Å²) in [5, 5.41) is 12.9. The molecule has 0 amide bonds. The molecule has 28 heavy (non-hydrogen) atoms.